The van der Waals surface area contributed by atoms with Crippen LogP contribution in [0.3, 0.4) is 0 Å². The molecule has 0 bridgehead atoms. The second-order valence-corrected chi connectivity index (χ2v) is 7.74. The fraction of sp³-hybridized carbons (Fsp3) is 0.600. The highest BCUT2D eigenvalue weighted by molar-refractivity contribution is 7.98. The molecule has 1 unspecified atom stereocenters. The summed E-state index contributed by atoms with van der Waals surface area (Å²) in [7, 11) is -3.60. The van der Waals surface area contributed by atoms with Gasteiger partial charge in [0.15, 0.2) is 0 Å². The van der Waals surface area contributed by atoms with Crippen LogP contribution in [0.4, 0.5) is 0 Å². The number of thioether (sulfide) groups is 1. The lowest BCUT2D eigenvalue weighted by Crippen LogP contribution is -2.20. The van der Waals surface area contributed by atoms with Gasteiger partial charge in [-0.2, -0.15) is 11.8 Å². The maximum absolute atomic E-state index is 11.2. The van der Waals surface area contributed by atoms with Crippen molar-refractivity contribution in [1.29, 1.82) is 0 Å². The maximum Gasteiger partial charge on any atom is 0.238 e. The average Bonchev–Trinajstić information content (AvgIpc) is 2.45. The highest BCUT2D eigenvalue weighted by Gasteiger charge is 2.09. The summed E-state index contributed by atoms with van der Waals surface area (Å²) in [6.07, 6.45) is 7.16. The van der Waals surface area contributed by atoms with E-state index in [9.17, 15) is 8.42 Å². The van der Waals surface area contributed by atoms with E-state index in [0.29, 0.717) is 0 Å². The predicted octanol–water partition coefficient (Wildman–Crippen LogP) is 2.91. The smallest absolute Gasteiger partial charge is 0.238 e. The first kappa shape index (κ1) is 18.5. The highest BCUT2D eigenvalue weighted by atomic mass is 32.2. The molecule has 1 aromatic rings. The van der Waals surface area contributed by atoms with Crippen molar-refractivity contribution >= 4 is 21.8 Å². The Kier molecular flexibility index (Phi) is 8.33. The molecule has 0 saturated heterocycles. The Bertz CT molecular complexity index is 501. The molecule has 4 nitrogen and oxygen atoms in total. The van der Waals surface area contributed by atoms with E-state index in [1.165, 1.54) is 31.4 Å². The van der Waals surface area contributed by atoms with E-state index in [2.05, 4.69) is 18.5 Å². The van der Waals surface area contributed by atoms with Gasteiger partial charge < -0.3 is 5.32 Å². The molecule has 1 atom stereocenters. The number of benzene rings is 1. The van der Waals surface area contributed by atoms with E-state index in [-0.39, 0.29) is 10.9 Å². The minimum Gasteiger partial charge on any atom is -0.310 e. The van der Waals surface area contributed by atoms with E-state index in [4.69, 9.17) is 5.14 Å². The molecule has 0 spiro atoms. The van der Waals surface area contributed by atoms with Crippen LogP contribution in [0.2, 0.25) is 0 Å². The van der Waals surface area contributed by atoms with E-state index in [1.54, 1.807) is 12.1 Å². The zero-order valence-corrected chi connectivity index (χ0v) is 14.5. The van der Waals surface area contributed by atoms with Crippen LogP contribution in [0.1, 0.15) is 44.2 Å². The molecule has 21 heavy (non-hydrogen) atoms. The Morgan fingerprint density at radius 1 is 1.14 bits per heavy atom. The molecule has 0 aliphatic rings. The second-order valence-electron chi connectivity index (χ2n) is 5.20. The Balaban J connectivity index is 2.31. The van der Waals surface area contributed by atoms with Crippen LogP contribution >= 0.6 is 11.8 Å². The van der Waals surface area contributed by atoms with Gasteiger partial charge in [-0.15, -0.1) is 0 Å². The van der Waals surface area contributed by atoms with Crippen LogP contribution in [0.5, 0.6) is 0 Å². The lowest BCUT2D eigenvalue weighted by atomic mass is 10.1. The van der Waals surface area contributed by atoms with Gasteiger partial charge in [0, 0.05) is 6.04 Å². The summed E-state index contributed by atoms with van der Waals surface area (Å²) in [5.74, 6) is 1.25. The quantitative estimate of drug-likeness (QED) is 0.647. The van der Waals surface area contributed by atoms with Crippen molar-refractivity contribution in [3.8, 4) is 0 Å². The van der Waals surface area contributed by atoms with Crippen molar-refractivity contribution in [2.45, 2.75) is 43.5 Å². The molecule has 0 radical (unpaired) electrons. The summed E-state index contributed by atoms with van der Waals surface area (Å²) in [5.41, 5.74) is 1.07. The van der Waals surface area contributed by atoms with Crippen molar-refractivity contribution in [2.24, 2.45) is 5.14 Å². The third-order valence-electron chi connectivity index (χ3n) is 3.43. The fourth-order valence-corrected chi connectivity index (χ4v) is 3.12. The number of rotatable bonds is 10. The van der Waals surface area contributed by atoms with Crippen molar-refractivity contribution in [3.63, 3.8) is 0 Å². The summed E-state index contributed by atoms with van der Waals surface area (Å²) in [6, 6.07) is 6.97. The van der Waals surface area contributed by atoms with Crippen LogP contribution in [0.15, 0.2) is 29.2 Å². The molecule has 0 aromatic heterocycles. The summed E-state index contributed by atoms with van der Waals surface area (Å²) in [6.45, 7) is 3.07. The van der Waals surface area contributed by atoms with Crippen molar-refractivity contribution in [3.05, 3.63) is 29.8 Å². The number of nitrogens with two attached hydrogens (primary N) is 1. The van der Waals surface area contributed by atoms with Crippen molar-refractivity contribution < 1.29 is 8.42 Å². The largest absolute Gasteiger partial charge is 0.310 e. The molecule has 3 N–H and O–H groups in total. The maximum atomic E-state index is 11.2. The molecular weight excluding hydrogens is 304 g/mol. The fourth-order valence-electron chi connectivity index (χ4n) is 2.11. The van der Waals surface area contributed by atoms with Crippen molar-refractivity contribution in [2.75, 3.05) is 18.6 Å². The number of sulfonamides is 1. The zero-order chi connectivity index (χ0) is 15.7. The van der Waals surface area contributed by atoms with Gasteiger partial charge in [-0.3, -0.25) is 0 Å². The van der Waals surface area contributed by atoms with Gasteiger partial charge in [0.1, 0.15) is 0 Å². The molecule has 1 aromatic carbocycles. The van der Waals surface area contributed by atoms with Crippen LogP contribution < -0.4 is 10.5 Å². The number of unbranched alkanes of at least 4 members (excludes halogenated alkanes) is 3. The minimum atomic E-state index is -3.60. The Morgan fingerprint density at radius 3 is 2.33 bits per heavy atom. The van der Waals surface area contributed by atoms with E-state index in [0.717, 1.165) is 12.1 Å². The molecule has 1 rings (SSSR count). The number of primary sulfonamides is 1. The molecule has 0 aliphatic carbocycles. The summed E-state index contributed by atoms with van der Waals surface area (Å²) < 4.78 is 22.4. The monoisotopic (exact) mass is 330 g/mol. The zero-order valence-electron chi connectivity index (χ0n) is 12.8. The number of nitrogens with one attached hydrogen (secondary N) is 1. The minimum absolute atomic E-state index is 0.159. The Morgan fingerprint density at radius 2 is 1.76 bits per heavy atom. The van der Waals surface area contributed by atoms with Crippen molar-refractivity contribution in [1.82, 2.24) is 5.32 Å². The van der Waals surface area contributed by atoms with E-state index >= 15 is 0 Å². The van der Waals surface area contributed by atoms with Gasteiger partial charge in [-0.05, 0) is 56.0 Å². The van der Waals surface area contributed by atoms with Gasteiger partial charge in [0.25, 0.3) is 0 Å². The summed E-state index contributed by atoms with van der Waals surface area (Å²) in [4.78, 5) is 0.159. The first-order valence-electron chi connectivity index (χ1n) is 7.30. The van der Waals surface area contributed by atoms with Gasteiger partial charge in [0.05, 0.1) is 4.90 Å². The first-order chi connectivity index (χ1) is 9.95. The summed E-state index contributed by atoms with van der Waals surface area (Å²) >= 11 is 1.90. The molecular formula is C15H26N2O2S2. The third-order valence-corrected chi connectivity index (χ3v) is 5.06. The Hall–Kier alpha value is -0.560. The SMILES string of the molecule is CSCCCCCCNC(C)c1ccc(S(N)(=O)=O)cc1. The summed E-state index contributed by atoms with van der Waals surface area (Å²) in [5, 5.41) is 8.55. The molecule has 0 saturated carbocycles. The van der Waals surface area contributed by atoms with E-state index < -0.39 is 10.0 Å². The lowest BCUT2D eigenvalue weighted by molar-refractivity contribution is 0.537. The lowest BCUT2D eigenvalue weighted by Gasteiger charge is -2.14. The topological polar surface area (TPSA) is 72.2 Å². The number of hydrogen-bond donors (Lipinski definition) is 2. The van der Waals surface area contributed by atoms with Gasteiger partial charge >= 0.3 is 0 Å². The van der Waals surface area contributed by atoms with Crippen LogP contribution in [0.25, 0.3) is 0 Å². The molecule has 0 amide bonds. The van der Waals surface area contributed by atoms with Gasteiger partial charge in [0.2, 0.25) is 10.0 Å². The third kappa shape index (κ3) is 7.31. The molecule has 0 aliphatic heterocycles. The molecule has 0 heterocycles. The van der Waals surface area contributed by atoms with Crippen LogP contribution in [0, 0.1) is 0 Å². The average molecular weight is 331 g/mol. The second kappa shape index (κ2) is 9.46. The Labute approximate surface area is 132 Å². The standard InChI is InChI=1S/C15H26N2O2S2/c1-13(17-11-5-3-4-6-12-20-2)14-7-9-15(10-8-14)21(16,18)19/h7-10,13,17H,3-6,11-12H2,1-2H3,(H2,16,18,19). The highest BCUT2D eigenvalue weighted by Crippen LogP contribution is 2.15. The first-order valence-corrected chi connectivity index (χ1v) is 10.2. The van der Waals surface area contributed by atoms with Gasteiger partial charge in [-0.25, -0.2) is 13.6 Å². The van der Waals surface area contributed by atoms with Crippen LogP contribution in [-0.2, 0) is 10.0 Å². The number of hydrogen-bond acceptors (Lipinski definition) is 4. The van der Waals surface area contributed by atoms with E-state index in [1.807, 2.05) is 23.9 Å². The molecule has 120 valence electrons. The van der Waals surface area contributed by atoms with Gasteiger partial charge in [-0.1, -0.05) is 25.0 Å². The van der Waals surface area contributed by atoms with Crippen LogP contribution in [-0.4, -0.2) is 27.0 Å². The molecule has 0 fully saturated rings. The predicted molar refractivity (Wildman–Crippen MR) is 91.1 cm³/mol. The molecule has 6 heteroatoms. The normalized spacial score (nSPS) is 13.3.